The summed E-state index contributed by atoms with van der Waals surface area (Å²) in [5.41, 5.74) is 2.14. The van der Waals surface area contributed by atoms with Crippen LogP contribution in [0.25, 0.3) is 11.4 Å². The van der Waals surface area contributed by atoms with Crippen LogP contribution in [0.5, 0.6) is 0 Å². The van der Waals surface area contributed by atoms with Crippen LogP contribution in [0.15, 0.2) is 24.3 Å². The first-order valence-electron chi connectivity index (χ1n) is 7.62. The Morgan fingerprint density at radius 1 is 1.24 bits per heavy atom. The lowest BCUT2D eigenvalue weighted by Gasteiger charge is -2.37. The molecular formula is C15H20N6. The van der Waals surface area contributed by atoms with E-state index in [1.165, 1.54) is 25.7 Å². The summed E-state index contributed by atoms with van der Waals surface area (Å²) < 4.78 is 0. The van der Waals surface area contributed by atoms with E-state index in [9.17, 15) is 0 Å². The minimum absolute atomic E-state index is 0.569. The van der Waals surface area contributed by atoms with Gasteiger partial charge in [-0.3, -0.25) is 0 Å². The van der Waals surface area contributed by atoms with Crippen LogP contribution in [0.2, 0.25) is 0 Å². The topological polar surface area (TPSA) is 69.7 Å². The molecule has 6 nitrogen and oxygen atoms in total. The first-order chi connectivity index (χ1) is 10.3. The van der Waals surface area contributed by atoms with Gasteiger partial charge >= 0.3 is 0 Å². The fraction of sp³-hybridized carbons (Fsp3) is 0.533. The maximum atomic E-state index is 4.04. The maximum absolute atomic E-state index is 4.04. The van der Waals surface area contributed by atoms with E-state index in [4.69, 9.17) is 0 Å². The molecule has 2 N–H and O–H groups in total. The number of anilines is 1. The van der Waals surface area contributed by atoms with Gasteiger partial charge in [0.25, 0.3) is 0 Å². The maximum Gasteiger partial charge on any atom is 0.204 e. The molecule has 110 valence electrons. The number of aromatic amines is 1. The summed E-state index contributed by atoms with van der Waals surface area (Å²) in [4.78, 5) is 2.56. The number of piperidine rings is 1. The number of H-pyrrole nitrogens is 1. The lowest BCUT2D eigenvalue weighted by atomic mass is 9.97. The Kier molecular flexibility index (Phi) is 3.11. The second kappa shape index (κ2) is 5.11. The minimum Gasteiger partial charge on any atom is -0.382 e. The molecule has 0 saturated carbocycles. The number of nitrogens with one attached hydrogen (secondary N) is 2. The molecule has 1 aromatic heterocycles. The normalized spacial score (nSPS) is 28.7. The van der Waals surface area contributed by atoms with Gasteiger partial charge in [0.05, 0.1) is 0 Å². The van der Waals surface area contributed by atoms with Crippen molar-refractivity contribution in [2.24, 2.45) is 0 Å². The molecule has 2 fully saturated rings. The lowest BCUT2D eigenvalue weighted by Crippen LogP contribution is -2.44. The average Bonchev–Trinajstić information content (AvgIpc) is 3.08. The van der Waals surface area contributed by atoms with Crippen molar-refractivity contribution in [2.45, 2.75) is 43.8 Å². The van der Waals surface area contributed by atoms with Gasteiger partial charge in [-0.2, -0.15) is 5.21 Å². The van der Waals surface area contributed by atoms with E-state index in [0.29, 0.717) is 11.9 Å². The summed E-state index contributed by atoms with van der Waals surface area (Å²) in [5, 5.41) is 17.9. The molecular weight excluding hydrogens is 264 g/mol. The summed E-state index contributed by atoms with van der Waals surface area (Å²) >= 11 is 0. The number of aromatic nitrogens is 4. The number of hydrogen-bond acceptors (Lipinski definition) is 5. The smallest absolute Gasteiger partial charge is 0.204 e. The fourth-order valence-corrected chi connectivity index (χ4v) is 3.80. The van der Waals surface area contributed by atoms with E-state index in [-0.39, 0.29) is 0 Å². The Morgan fingerprint density at radius 2 is 2.05 bits per heavy atom. The van der Waals surface area contributed by atoms with E-state index in [1.54, 1.807) is 0 Å². The number of benzene rings is 1. The molecule has 2 bridgehead atoms. The van der Waals surface area contributed by atoms with Gasteiger partial charge in [0.2, 0.25) is 5.82 Å². The van der Waals surface area contributed by atoms with Gasteiger partial charge in [-0.1, -0.05) is 12.1 Å². The largest absolute Gasteiger partial charge is 0.382 e. The number of hydrogen-bond donors (Lipinski definition) is 2. The minimum atomic E-state index is 0.569. The summed E-state index contributed by atoms with van der Waals surface area (Å²) in [6, 6.07) is 10.3. The zero-order chi connectivity index (χ0) is 14.2. The van der Waals surface area contributed by atoms with Crippen LogP contribution >= 0.6 is 0 Å². The summed E-state index contributed by atoms with van der Waals surface area (Å²) in [7, 11) is 2.27. The van der Waals surface area contributed by atoms with E-state index < -0.39 is 0 Å². The molecule has 4 rings (SSSR count). The highest BCUT2D eigenvalue weighted by Gasteiger charge is 2.38. The van der Waals surface area contributed by atoms with Crippen LogP contribution in [-0.4, -0.2) is 50.7 Å². The van der Waals surface area contributed by atoms with Gasteiger partial charge in [-0.05, 0) is 50.1 Å². The monoisotopic (exact) mass is 284 g/mol. The summed E-state index contributed by atoms with van der Waals surface area (Å²) in [6.07, 6.45) is 5.17. The highest BCUT2D eigenvalue weighted by atomic mass is 15.5. The molecule has 2 unspecified atom stereocenters. The second-order valence-electron chi connectivity index (χ2n) is 6.18. The van der Waals surface area contributed by atoms with Crippen LogP contribution in [-0.2, 0) is 0 Å². The first-order valence-corrected chi connectivity index (χ1v) is 7.62. The van der Waals surface area contributed by atoms with Crippen LogP contribution in [0, 0.1) is 0 Å². The molecule has 3 heterocycles. The molecule has 0 aliphatic carbocycles. The van der Waals surface area contributed by atoms with Gasteiger partial charge in [0, 0.05) is 29.4 Å². The van der Waals surface area contributed by atoms with Crippen molar-refractivity contribution in [1.82, 2.24) is 25.5 Å². The van der Waals surface area contributed by atoms with Crippen LogP contribution < -0.4 is 5.32 Å². The van der Waals surface area contributed by atoms with E-state index in [1.807, 2.05) is 12.1 Å². The zero-order valence-corrected chi connectivity index (χ0v) is 12.2. The van der Waals surface area contributed by atoms with Crippen LogP contribution in [0.3, 0.4) is 0 Å². The number of rotatable bonds is 3. The Hall–Kier alpha value is -1.95. The third-order valence-corrected chi connectivity index (χ3v) is 4.94. The van der Waals surface area contributed by atoms with Crippen molar-refractivity contribution >= 4 is 5.69 Å². The zero-order valence-electron chi connectivity index (χ0n) is 12.2. The first kappa shape index (κ1) is 12.8. The summed E-state index contributed by atoms with van der Waals surface area (Å²) in [6.45, 7) is 0. The van der Waals surface area contributed by atoms with Gasteiger partial charge in [0.1, 0.15) is 0 Å². The SMILES string of the molecule is CN1C2CCC1CC(Nc1cccc(-c3nn[nH]n3)c1)C2. The van der Waals surface area contributed by atoms with Gasteiger partial charge in [0.15, 0.2) is 0 Å². The molecule has 2 saturated heterocycles. The van der Waals surface area contributed by atoms with Crippen LogP contribution in [0.1, 0.15) is 25.7 Å². The molecule has 6 heteroatoms. The van der Waals surface area contributed by atoms with E-state index in [2.05, 4.69) is 50.0 Å². The van der Waals surface area contributed by atoms with E-state index in [0.717, 1.165) is 23.3 Å². The quantitative estimate of drug-likeness (QED) is 0.901. The Morgan fingerprint density at radius 3 is 2.76 bits per heavy atom. The molecule has 0 amide bonds. The Bertz CT molecular complexity index is 596. The average molecular weight is 284 g/mol. The van der Waals surface area contributed by atoms with Gasteiger partial charge in [-0.25, -0.2) is 0 Å². The van der Waals surface area contributed by atoms with E-state index >= 15 is 0 Å². The second-order valence-corrected chi connectivity index (χ2v) is 6.18. The molecule has 2 aliphatic heterocycles. The summed E-state index contributed by atoms with van der Waals surface area (Å²) in [5.74, 6) is 0.641. The molecule has 2 aliphatic rings. The Balaban J connectivity index is 1.49. The molecule has 0 radical (unpaired) electrons. The predicted molar refractivity (Wildman–Crippen MR) is 80.8 cm³/mol. The third-order valence-electron chi connectivity index (χ3n) is 4.94. The number of nitrogens with zero attached hydrogens (tertiary/aromatic N) is 4. The molecule has 2 atom stereocenters. The van der Waals surface area contributed by atoms with Crippen LogP contribution in [0.4, 0.5) is 5.69 Å². The standard InChI is InChI=1S/C15H20N6/c1-21-13-5-6-14(21)9-12(8-13)16-11-4-2-3-10(7-11)15-17-19-20-18-15/h2-4,7,12-14,16H,5-6,8-9H2,1H3,(H,17,18,19,20). The van der Waals surface area contributed by atoms with Crippen molar-refractivity contribution in [2.75, 3.05) is 12.4 Å². The highest BCUT2D eigenvalue weighted by Crippen LogP contribution is 2.35. The fourth-order valence-electron chi connectivity index (χ4n) is 3.80. The molecule has 0 spiro atoms. The van der Waals surface area contributed by atoms with Crippen molar-refractivity contribution in [3.05, 3.63) is 24.3 Å². The Labute approximate surface area is 123 Å². The molecule has 2 aromatic rings. The van der Waals surface area contributed by atoms with Gasteiger partial charge in [-0.15, -0.1) is 10.2 Å². The lowest BCUT2D eigenvalue weighted by molar-refractivity contribution is 0.169. The van der Waals surface area contributed by atoms with Crippen molar-refractivity contribution in [3.63, 3.8) is 0 Å². The van der Waals surface area contributed by atoms with Crippen molar-refractivity contribution < 1.29 is 0 Å². The number of tetrazole rings is 1. The predicted octanol–water partition coefficient (Wildman–Crippen LogP) is 1.90. The van der Waals surface area contributed by atoms with Crippen molar-refractivity contribution in [1.29, 1.82) is 0 Å². The number of fused-ring (bicyclic) bond motifs is 2. The third kappa shape index (κ3) is 2.40. The van der Waals surface area contributed by atoms with Crippen molar-refractivity contribution in [3.8, 4) is 11.4 Å². The molecule has 1 aromatic carbocycles. The van der Waals surface area contributed by atoms with Gasteiger partial charge < -0.3 is 10.2 Å². The molecule has 21 heavy (non-hydrogen) atoms. The highest BCUT2D eigenvalue weighted by molar-refractivity contribution is 5.62.